The van der Waals surface area contributed by atoms with Gasteiger partial charge in [0.2, 0.25) is 0 Å². The van der Waals surface area contributed by atoms with E-state index in [9.17, 15) is 4.79 Å². The Hall–Kier alpha value is -2.50. The van der Waals surface area contributed by atoms with Gasteiger partial charge in [-0.25, -0.2) is 9.78 Å². The fourth-order valence-electron chi connectivity index (χ4n) is 2.80. The molecular formula is C16H16N4O2. The maximum absolute atomic E-state index is 10.9. The van der Waals surface area contributed by atoms with Gasteiger partial charge in [0.25, 0.3) is 0 Å². The molecule has 22 heavy (non-hydrogen) atoms. The summed E-state index contributed by atoms with van der Waals surface area (Å²) in [6, 6.07) is 3.92. The van der Waals surface area contributed by atoms with Crippen LogP contribution in [-0.4, -0.2) is 26.5 Å². The predicted octanol–water partition coefficient (Wildman–Crippen LogP) is 3.12. The molecule has 0 bridgehead atoms. The van der Waals surface area contributed by atoms with Crippen LogP contribution in [0.15, 0.2) is 46.5 Å². The Morgan fingerprint density at radius 2 is 2.18 bits per heavy atom. The summed E-state index contributed by atoms with van der Waals surface area (Å²) in [5, 5.41) is 16.7. The molecule has 3 heterocycles. The van der Waals surface area contributed by atoms with Gasteiger partial charge in [0.15, 0.2) is 5.70 Å². The SMILES string of the molecule is CC(c1cn2cc(C3CC3)ccc2n1)C1C=C(C(=O)O)N=N1. The summed E-state index contributed by atoms with van der Waals surface area (Å²) in [6.07, 6.45) is 8.29. The van der Waals surface area contributed by atoms with Crippen molar-refractivity contribution in [1.29, 1.82) is 0 Å². The van der Waals surface area contributed by atoms with Crippen LogP contribution in [0.5, 0.6) is 0 Å². The van der Waals surface area contributed by atoms with Gasteiger partial charge in [-0.05, 0) is 36.5 Å². The molecule has 6 nitrogen and oxygen atoms in total. The molecule has 6 heteroatoms. The molecule has 4 rings (SSSR count). The fraction of sp³-hybridized carbons (Fsp3) is 0.375. The number of imidazole rings is 1. The number of carboxylic acids is 1. The number of pyridine rings is 1. The lowest BCUT2D eigenvalue weighted by Gasteiger charge is -2.10. The van der Waals surface area contributed by atoms with Crippen molar-refractivity contribution < 1.29 is 9.90 Å². The highest BCUT2D eigenvalue weighted by molar-refractivity contribution is 5.86. The van der Waals surface area contributed by atoms with E-state index in [1.54, 1.807) is 6.08 Å². The Labute approximate surface area is 127 Å². The summed E-state index contributed by atoms with van der Waals surface area (Å²) in [5.74, 6) is -0.343. The molecule has 2 unspecified atom stereocenters. The summed E-state index contributed by atoms with van der Waals surface area (Å²) >= 11 is 0. The highest BCUT2D eigenvalue weighted by Gasteiger charge is 2.27. The molecule has 2 aliphatic rings. The summed E-state index contributed by atoms with van der Waals surface area (Å²) in [5.41, 5.74) is 3.18. The van der Waals surface area contributed by atoms with E-state index in [1.807, 2.05) is 23.6 Å². The zero-order valence-corrected chi connectivity index (χ0v) is 12.2. The Bertz CT molecular complexity index is 817. The first kappa shape index (κ1) is 13.2. The summed E-state index contributed by atoms with van der Waals surface area (Å²) in [6.45, 7) is 1.99. The van der Waals surface area contributed by atoms with E-state index < -0.39 is 5.97 Å². The lowest BCUT2D eigenvalue weighted by molar-refractivity contribution is -0.132. The predicted molar refractivity (Wildman–Crippen MR) is 79.9 cm³/mol. The number of hydrogen-bond acceptors (Lipinski definition) is 4. The largest absolute Gasteiger partial charge is 0.476 e. The van der Waals surface area contributed by atoms with Crippen molar-refractivity contribution in [3.63, 3.8) is 0 Å². The van der Waals surface area contributed by atoms with Crippen LogP contribution < -0.4 is 0 Å². The molecular weight excluding hydrogens is 280 g/mol. The smallest absolute Gasteiger partial charge is 0.356 e. The van der Waals surface area contributed by atoms with Crippen LogP contribution in [0.4, 0.5) is 0 Å². The lowest BCUT2D eigenvalue weighted by atomic mass is 9.99. The van der Waals surface area contributed by atoms with Gasteiger partial charge in [-0.1, -0.05) is 13.0 Å². The molecule has 1 saturated carbocycles. The van der Waals surface area contributed by atoms with Gasteiger partial charge in [-0.2, -0.15) is 5.11 Å². The van der Waals surface area contributed by atoms with Crippen molar-refractivity contribution in [1.82, 2.24) is 9.38 Å². The first-order valence-electron chi connectivity index (χ1n) is 7.46. The molecule has 1 fully saturated rings. The second-order valence-electron chi connectivity index (χ2n) is 6.02. The van der Waals surface area contributed by atoms with Crippen LogP contribution in [0.1, 0.15) is 42.9 Å². The zero-order chi connectivity index (χ0) is 15.3. The summed E-state index contributed by atoms with van der Waals surface area (Å²) < 4.78 is 2.05. The van der Waals surface area contributed by atoms with Crippen molar-refractivity contribution >= 4 is 11.6 Å². The average molecular weight is 296 g/mol. The van der Waals surface area contributed by atoms with E-state index in [1.165, 1.54) is 18.4 Å². The van der Waals surface area contributed by atoms with E-state index >= 15 is 0 Å². The molecule has 0 amide bonds. The number of carboxylic acid groups (broad SMARTS) is 1. The first-order valence-corrected chi connectivity index (χ1v) is 7.46. The van der Waals surface area contributed by atoms with Gasteiger partial charge in [-0.3, -0.25) is 0 Å². The third kappa shape index (κ3) is 2.20. The number of hydrogen-bond donors (Lipinski definition) is 1. The molecule has 1 aliphatic heterocycles. The minimum Gasteiger partial charge on any atom is -0.476 e. The molecule has 0 radical (unpaired) electrons. The van der Waals surface area contributed by atoms with Crippen molar-refractivity contribution in [2.45, 2.75) is 37.6 Å². The minimum absolute atomic E-state index is 0.00938. The molecule has 1 N–H and O–H groups in total. The quantitative estimate of drug-likeness (QED) is 0.941. The number of aliphatic carboxylic acids is 1. The average Bonchev–Trinajstić information content (AvgIpc) is 3.09. The second kappa shape index (κ2) is 4.76. The van der Waals surface area contributed by atoms with Crippen LogP contribution >= 0.6 is 0 Å². The summed E-state index contributed by atoms with van der Waals surface area (Å²) in [4.78, 5) is 15.5. The molecule has 0 saturated heterocycles. The van der Waals surface area contributed by atoms with E-state index in [2.05, 4.69) is 27.5 Å². The molecule has 2 aromatic heterocycles. The number of azo groups is 1. The topological polar surface area (TPSA) is 79.3 Å². The van der Waals surface area contributed by atoms with E-state index in [0.717, 1.165) is 11.3 Å². The molecule has 1 aliphatic carbocycles. The number of nitrogens with zero attached hydrogens (tertiary/aromatic N) is 4. The van der Waals surface area contributed by atoms with Gasteiger partial charge >= 0.3 is 5.97 Å². The summed E-state index contributed by atoms with van der Waals surface area (Å²) in [7, 11) is 0. The Kier molecular flexibility index (Phi) is 2.85. The maximum Gasteiger partial charge on any atom is 0.356 e. The maximum atomic E-state index is 10.9. The van der Waals surface area contributed by atoms with E-state index in [4.69, 9.17) is 5.11 Å². The van der Waals surface area contributed by atoms with Crippen molar-refractivity contribution in [3.05, 3.63) is 47.6 Å². The van der Waals surface area contributed by atoms with Crippen LogP contribution in [0, 0.1) is 0 Å². The standard InChI is InChI=1S/C16H16N4O2/c1-9(12-6-13(16(21)22)19-18-12)14-8-20-7-11(10-2-3-10)4-5-15(20)17-14/h4-10,12H,2-3H2,1H3,(H,21,22). The van der Waals surface area contributed by atoms with Crippen LogP contribution in [0.2, 0.25) is 0 Å². The highest BCUT2D eigenvalue weighted by atomic mass is 16.4. The van der Waals surface area contributed by atoms with Crippen molar-refractivity contribution in [2.75, 3.05) is 0 Å². The Balaban J connectivity index is 1.63. The van der Waals surface area contributed by atoms with E-state index in [0.29, 0.717) is 5.92 Å². The van der Waals surface area contributed by atoms with Gasteiger partial charge in [0, 0.05) is 18.3 Å². The monoisotopic (exact) mass is 296 g/mol. The molecule has 0 aromatic carbocycles. The highest BCUT2D eigenvalue weighted by Crippen LogP contribution is 2.40. The number of carbonyl (C=O) groups is 1. The normalized spacial score (nSPS) is 22.0. The Morgan fingerprint density at radius 3 is 2.86 bits per heavy atom. The number of fused-ring (bicyclic) bond motifs is 1. The molecule has 2 atom stereocenters. The molecule has 2 aromatic rings. The van der Waals surface area contributed by atoms with Crippen LogP contribution in [0.25, 0.3) is 5.65 Å². The first-order chi connectivity index (χ1) is 10.6. The molecule has 112 valence electrons. The van der Waals surface area contributed by atoms with Crippen molar-refractivity contribution in [2.24, 2.45) is 10.2 Å². The van der Waals surface area contributed by atoms with Crippen LogP contribution in [-0.2, 0) is 4.79 Å². The third-order valence-corrected chi connectivity index (χ3v) is 4.37. The van der Waals surface area contributed by atoms with Gasteiger partial charge < -0.3 is 9.51 Å². The van der Waals surface area contributed by atoms with E-state index in [-0.39, 0.29) is 17.7 Å². The number of rotatable bonds is 4. The van der Waals surface area contributed by atoms with Gasteiger partial charge in [-0.15, -0.1) is 5.11 Å². The number of aromatic nitrogens is 2. The lowest BCUT2D eigenvalue weighted by Crippen LogP contribution is -2.10. The minimum atomic E-state index is -1.04. The fourth-order valence-corrected chi connectivity index (χ4v) is 2.80. The van der Waals surface area contributed by atoms with Gasteiger partial charge in [0.05, 0.1) is 5.69 Å². The zero-order valence-electron chi connectivity index (χ0n) is 12.2. The van der Waals surface area contributed by atoms with Gasteiger partial charge in [0.1, 0.15) is 11.7 Å². The van der Waals surface area contributed by atoms with Crippen molar-refractivity contribution in [3.8, 4) is 0 Å². The van der Waals surface area contributed by atoms with Crippen LogP contribution in [0.3, 0.4) is 0 Å². The molecule has 0 spiro atoms. The Morgan fingerprint density at radius 1 is 1.36 bits per heavy atom. The third-order valence-electron chi connectivity index (χ3n) is 4.37. The second-order valence-corrected chi connectivity index (χ2v) is 6.02.